The molecule has 3 aromatic heterocycles. The molecule has 4 aromatic rings. The van der Waals surface area contributed by atoms with Gasteiger partial charge in [-0.2, -0.15) is 0 Å². The van der Waals surface area contributed by atoms with Gasteiger partial charge in [-0.25, -0.2) is 15.0 Å². The van der Waals surface area contributed by atoms with Crippen molar-refractivity contribution in [2.45, 2.75) is 62.1 Å². The SMILES string of the molecule is Nc1nc2cc(C3CCC[C@@]4(O)[C@@H](C3)O[C@@H](Cn3ccc5c(N)ncnc53)[C@@H]4O)ccc2cc1Cl. The normalized spacial score (nSPS) is 28.9. The van der Waals surface area contributed by atoms with E-state index in [1.165, 1.54) is 6.33 Å². The van der Waals surface area contributed by atoms with Crippen LogP contribution in [0.2, 0.25) is 5.02 Å². The minimum Gasteiger partial charge on any atom is -0.387 e. The Hall–Kier alpha value is -2.98. The van der Waals surface area contributed by atoms with Crippen LogP contribution in [0.3, 0.4) is 0 Å². The number of pyridine rings is 1. The smallest absolute Gasteiger partial charge is 0.145 e. The van der Waals surface area contributed by atoms with E-state index in [0.717, 1.165) is 34.7 Å². The number of aliphatic hydroxyl groups is 2. The van der Waals surface area contributed by atoms with Crippen LogP contribution in [0.25, 0.3) is 21.9 Å². The van der Waals surface area contributed by atoms with E-state index in [1.807, 2.05) is 35.0 Å². The fourth-order valence-electron chi connectivity index (χ4n) is 5.73. The molecule has 6 N–H and O–H groups in total. The van der Waals surface area contributed by atoms with Crippen LogP contribution in [0.5, 0.6) is 0 Å². The molecule has 2 aliphatic rings. The Labute approximate surface area is 206 Å². The summed E-state index contributed by atoms with van der Waals surface area (Å²) in [5, 5.41) is 24.8. The highest BCUT2D eigenvalue weighted by atomic mass is 35.5. The predicted molar refractivity (Wildman–Crippen MR) is 134 cm³/mol. The predicted octanol–water partition coefficient (Wildman–Crippen LogP) is 3.01. The molecule has 182 valence electrons. The highest BCUT2D eigenvalue weighted by Gasteiger charge is 2.56. The van der Waals surface area contributed by atoms with Gasteiger partial charge in [-0.15, -0.1) is 0 Å². The monoisotopic (exact) mass is 494 g/mol. The summed E-state index contributed by atoms with van der Waals surface area (Å²) in [5.41, 5.74) is 13.1. The van der Waals surface area contributed by atoms with E-state index in [1.54, 1.807) is 0 Å². The van der Waals surface area contributed by atoms with E-state index < -0.39 is 23.9 Å². The number of halogens is 1. The van der Waals surface area contributed by atoms with Crippen molar-refractivity contribution in [2.24, 2.45) is 0 Å². The van der Waals surface area contributed by atoms with Gasteiger partial charge in [0.2, 0.25) is 0 Å². The molecular weight excluding hydrogens is 468 g/mol. The molecule has 0 amide bonds. The number of anilines is 2. The van der Waals surface area contributed by atoms with Gasteiger partial charge in [-0.3, -0.25) is 0 Å². The number of rotatable bonds is 3. The lowest BCUT2D eigenvalue weighted by Crippen LogP contribution is -2.48. The van der Waals surface area contributed by atoms with Crippen molar-refractivity contribution in [3.05, 3.63) is 53.4 Å². The minimum atomic E-state index is -1.30. The van der Waals surface area contributed by atoms with E-state index in [0.29, 0.717) is 41.7 Å². The zero-order chi connectivity index (χ0) is 24.3. The van der Waals surface area contributed by atoms with Crippen molar-refractivity contribution in [1.29, 1.82) is 0 Å². The first kappa shape index (κ1) is 22.5. The highest BCUT2D eigenvalue weighted by molar-refractivity contribution is 6.33. The Morgan fingerprint density at radius 3 is 2.89 bits per heavy atom. The molecule has 1 aliphatic heterocycles. The van der Waals surface area contributed by atoms with Crippen molar-refractivity contribution in [3.8, 4) is 0 Å². The second-order valence-corrected chi connectivity index (χ2v) is 10.1. The first-order valence-corrected chi connectivity index (χ1v) is 12.2. The number of fused-ring (bicyclic) bond motifs is 3. The Balaban J connectivity index is 1.26. The number of nitrogens with two attached hydrogens (primary N) is 2. The van der Waals surface area contributed by atoms with Gasteiger partial charge in [0.15, 0.2) is 0 Å². The number of hydrogen-bond donors (Lipinski definition) is 4. The average molecular weight is 495 g/mol. The maximum absolute atomic E-state index is 11.5. The Morgan fingerprint density at radius 2 is 2.03 bits per heavy atom. The summed E-state index contributed by atoms with van der Waals surface area (Å²) in [5.74, 6) is 0.867. The molecule has 0 spiro atoms. The van der Waals surface area contributed by atoms with Crippen molar-refractivity contribution >= 4 is 45.2 Å². The summed E-state index contributed by atoms with van der Waals surface area (Å²) in [6, 6.07) is 9.78. The lowest BCUT2D eigenvalue weighted by atomic mass is 9.85. The lowest BCUT2D eigenvalue weighted by molar-refractivity contribution is -0.0817. The summed E-state index contributed by atoms with van der Waals surface area (Å²) in [4.78, 5) is 12.8. The average Bonchev–Trinajstić information content (AvgIpc) is 3.28. The molecule has 1 aromatic carbocycles. The van der Waals surface area contributed by atoms with E-state index in [9.17, 15) is 10.2 Å². The first-order valence-electron chi connectivity index (χ1n) is 11.8. The molecule has 9 nitrogen and oxygen atoms in total. The quantitative estimate of drug-likeness (QED) is 0.340. The summed E-state index contributed by atoms with van der Waals surface area (Å²) >= 11 is 6.12. The maximum Gasteiger partial charge on any atom is 0.145 e. The van der Waals surface area contributed by atoms with E-state index in [-0.39, 0.29) is 5.92 Å². The molecule has 6 rings (SSSR count). The summed E-state index contributed by atoms with van der Waals surface area (Å²) in [6.07, 6.45) is 3.92. The van der Waals surface area contributed by atoms with Crippen LogP contribution < -0.4 is 11.5 Å². The number of benzene rings is 1. The second-order valence-electron chi connectivity index (χ2n) is 9.70. The fourth-order valence-corrected chi connectivity index (χ4v) is 5.89. The molecule has 1 unspecified atom stereocenters. The van der Waals surface area contributed by atoms with Crippen LogP contribution in [0.1, 0.15) is 37.2 Å². The first-order chi connectivity index (χ1) is 16.8. The zero-order valence-corrected chi connectivity index (χ0v) is 19.8. The number of aliphatic hydroxyl groups excluding tert-OH is 1. The van der Waals surface area contributed by atoms with E-state index in [4.69, 9.17) is 27.8 Å². The number of aromatic nitrogens is 4. The van der Waals surface area contributed by atoms with Gasteiger partial charge in [-0.1, -0.05) is 23.7 Å². The Kier molecular flexibility index (Phi) is 5.33. The van der Waals surface area contributed by atoms with Crippen molar-refractivity contribution in [2.75, 3.05) is 11.5 Å². The van der Waals surface area contributed by atoms with Gasteiger partial charge in [0, 0.05) is 11.6 Å². The topological polar surface area (TPSA) is 145 Å². The van der Waals surface area contributed by atoms with Gasteiger partial charge in [-0.05, 0) is 55.4 Å². The fraction of sp³-hybridized carbons (Fsp3) is 0.400. The second kappa shape index (κ2) is 8.30. The van der Waals surface area contributed by atoms with Crippen LogP contribution in [0.4, 0.5) is 11.6 Å². The molecule has 35 heavy (non-hydrogen) atoms. The van der Waals surface area contributed by atoms with Gasteiger partial charge in [0.05, 0.1) is 28.6 Å². The van der Waals surface area contributed by atoms with Crippen molar-refractivity contribution < 1.29 is 14.9 Å². The third-order valence-corrected chi connectivity index (χ3v) is 7.95. The third-order valence-electron chi connectivity index (χ3n) is 7.65. The van der Waals surface area contributed by atoms with E-state index in [2.05, 4.69) is 21.0 Å². The maximum atomic E-state index is 11.5. The molecule has 10 heteroatoms. The van der Waals surface area contributed by atoms with Crippen molar-refractivity contribution in [3.63, 3.8) is 0 Å². The van der Waals surface area contributed by atoms with Crippen LogP contribution in [0.15, 0.2) is 42.9 Å². The molecule has 1 saturated carbocycles. The van der Waals surface area contributed by atoms with Crippen LogP contribution in [0, 0.1) is 0 Å². The molecule has 1 aliphatic carbocycles. The van der Waals surface area contributed by atoms with E-state index >= 15 is 0 Å². The zero-order valence-electron chi connectivity index (χ0n) is 19.0. The summed E-state index contributed by atoms with van der Waals surface area (Å²) in [7, 11) is 0. The van der Waals surface area contributed by atoms with Gasteiger partial charge < -0.3 is 31.0 Å². The molecule has 1 saturated heterocycles. The van der Waals surface area contributed by atoms with Crippen LogP contribution in [-0.2, 0) is 11.3 Å². The number of ether oxygens (including phenoxy) is 1. The number of hydrogen-bond acceptors (Lipinski definition) is 8. The minimum absolute atomic E-state index is 0.156. The number of nitrogen functional groups attached to an aromatic ring is 2. The van der Waals surface area contributed by atoms with Crippen LogP contribution in [-0.4, -0.2) is 53.6 Å². The molecule has 5 atom stereocenters. The lowest BCUT2D eigenvalue weighted by Gasteiger charge is -2.30. The standard InChI is InChI=1S/C25H27ClN6O3/c26-17-8-15-4-3-14(9-18(15)31-23(17)28)13-2-1-6-25(34)20(10-13)35-19(21(25)33)11-32-7-5-16-22(27)29-12-30-24(16)32/h3-5,7-9,12-13,19-21,33-34H,1-2,6,10-11H2,(H2,28,31)(H2,27,29,30)/t13?,19-,20+,21-,25+/m0/s1. The largest absolute Gasteiger partial charge is 0.387 e. The summed E-state index contributed by atoms with van der Waals surface area (Å²) in [6.45, 7) is 0.352. The van der Waals surface area contributed by atoms with Gasteiger partial charge >= 0.3 is 0 Å². The Morgan fingerprint density at radius 1 is 1.17 bits per heavy atom. The molecule has 0 radical (unpaired) electrons. The molecule has 0 bridgehead atoms. The van der Waals surface area contributed by atoms with Gasteiger partial charge in [0.25, 0.3) is 0 Å². The highest BCUT2D eigenvalue weighted by Crippen LogP contribution is 2.45. The Bertz CT molecular complexity index is 1430. The van der Waals surface area contributed by atoms with Crippen molar-refractivity contribution in [1.82, 2.24) is 19.5 Å². The number of nitrogens with zero attached hydrogens (tertiary/aromatic N) is 4. The molecular formula is C25H27ClN6O3. The third kappa shape index (κ3) is 3.70. The molecule has 2 fully saturated rings. The summed E-state index contributed by atoms with van der Waals surface area (Å²) < 4.78 is 8.23. The van der Waals surface area contributed by atoms with Crippen LogP contribution >= 0.6 is 11.6 Å². The van der Waals surface area contributed by atoms with Gasteiger partial charge in [0.1, 0.15) is 41.4 Å². The molecule has 4 heterocycles.